The Hall–Kier alpha value is -1.55. The van der Waals surface area contributed by atoms with Gasteiger partial charge in [0.2, 0.25) is 0 Å². The van der Waals surface area contributed by atoms with Crippen molar-refractivity contribution < 1.29 is 49.3 Å². The van der Waals surface area contributed by atoms with Crippen LogP contribution >= 0.6 is 7.82 Å². The molecule has 0 rings (SSSR count). The van der Waals surface area contributed by atoms with Gasteiger partial charge in [0.25, 0.3) is 0 Å². The van der Waals surface area contributed by atoms with Crippen LogP contribution < -0.4 is 0 Å². The highest BCUT2D eigenvalue weighted by Crippen LogP contribution is 2.25. The highest BCUT2D eigenvalue weighted by molar-refractivity contribution is 7.45. The first-order chi connectivity index (χ1) is 10.4. The number of carboxylic acid groups (broad SMARTS) is 2. The van der Waals surface area contributed by atoms with Crippen LogP contribution in [0.4, 0.5) is 0 Å². The normalized spacial score (nSPS) is 11.6. The van der Waals surface area contributed by atoms with Crippen LogP contribution in [0.15, 0.2) is 23.3 Å². The molecular formula is C12H23O10P. The summed E-state index contributed by atoms with van der Waals surface area (Å²) in [5, 5.41) is 33.0. The molecule has 0 aromatic rings. The molecule has 0 saturated carbocycles. The van der Waals surface area contributed by atoms with E-state index in [-0.39, 0.29) is 24.4 Å². The number of aliphatic carboxylic acids is 2. The number of aliphatic hydroxyl groups is 2. The lowest BCUT2D eigenvalue weighted by atomic mass is 10.2. The van der Waals surface area contributed by atoms with Crippen molar-refractivity contribution in [1.82, 2.24) is 0 Å². The molecule has 7 N–H and O–H groups in total. The molecule has 23 heavy (non-hydrogen) atoms. The monoisotopic (exact) mass is 358 g/mol. The lowest BCUT2D eigenvalue weighted by Crippen LogP contribution is -1.95. The van der Waals surface area contributed by atoms with Crippen molar-refractivity contribution in [3.63, 3.8) is 0 Å². The molecule has 11 heteroatoms. The molecule has 0 amide bonds. The van der Waals surface area contributed by atoms with Gasteiger partial charge in [-0.1, -0.05) is 12.2 Å². The molecule has 0 aromatic carbocycles. The Kier molecular flexibility index (Phi) is 17.6. The SMILES string of the molecule is CC(=CCCO)C(=O)O.CC(=CCCO)C(=O)O.O=P(O)(O)O. The van der Waals surface area contributed by atoms with Gasteiger partial charge >= 0.3 is 19.8 Å². The first-order valence-electron chi connectivity index (χ1n) is 6.16. The number of hydrogen-bond acceptors (Lipinski definition) is 5. The second kappa shape index (κ2) is 15.3. The van der Waals surface area contributed by atoms with E-state index in [1.54, 1.807) is 0 Å². The van der Waals surface area contributed by atoms with Crippen LogP contribution in [-0.4, -0.2) is 60.3 Å². The number of phosphoric acid groups is 1. The Morgan fingerprint density at radius 3 is 1.17 bits per heavy atom. The van der Waals surface area contributed by atoms with Gasteiger partial charge < -0.3 is 35.1 Å². The van der Waals surface area contributed by atoms with Gasteiger partial charge in [-0.05, 0) is 26.7 Å². The van der Waals surface area contributed by atoms with E-state index < -0.39 is 19.8 Å². The highest BCUT2D eigenvalue weighted by Gasteiger charge is 2.00. The van der Waals surface area contributed by atoms with Gasteiger partial charge in [-0.25, -0.2) is 14.2 Å². The minimum atomic E-state index is -4.64. The van der Waals surface area contributed by atoms with Gasteiger partial charge in [-0.15, -0.1) is 0 Å². The van der Waals surface area contributed by atoms with Gasteiger partial charge in [0.15, 0.2) is 0 Å². The third-order valence-electron chi connectivity index (χ3n) is 1.83. The zero-order valence-electron chi connectivity index (χ0n) is 12.8. The summed E-state index contributed by atoms with van der Waals surface area (Å²) in [6.45, 7) is 3.01. The minimum absolute atomic E-state index is 0.00458. The summed E-state index contributed by atoms with van der Waals surface area (Å²) in [7, 11) is -4.64. The van der Waals surface area contributed by atoms with Gasteiger partial charge in [-0.2, -0.15) is 0 Å². The van der Waals surface area contributed by atoms with Crippen LogP contribution in [-0.2, 0) is 14.2 Å². The maximum atomic E-state index is 10.1. The van der Waals surface area contributed by atoms with Crippen LogP contribution in [0.1, 0.15) is 26.7 Å². The molecule has 0 bridgehead atoms. The first kappa shape index (κ1) is 26.4. The Labute approximate surface area is 133 Å². The van der Waals surface area contributed by atoms with E-state index in [4.69, 9.17) is 39.7 Å². The number of rotatable bonds is 6. The van der Waals surface area contributed by atoms with E-state index in [0.29, 0.717) is 12.8 Å². The van der Waals surface area contributed by atoms with E-state index in [9.17, 15) is 9.59 Å². The minimum Gasteiger partial charge on any atom is -0.478 e. The van der Waals surface area contributed by atoms with Crippen LogP contribution in [0.3, 0.4) is 0 Å². The molecule has 0 saturated heterocycles. The molecule has 136 valence electrons. The summed E-state index contributed by atoms with van der Waals surface area (Å²) in [4.78, 5) is 41.7. The maximum absolute atomic E-state index is 10.1. The van der Waals surface area contributed by atoms with E-state index in [1.807, 2.05) is 0 Å². The topological polar surface area (TPSA) is 193 Å². The van der Waals surface area contributed by atoms with E-state index in [1.165, 1.54) is 26.0 Å². The standard InChI is InChI=1S/2C6H10O3.H3O4P/c2*1-5(6(8)9)3-2-4-7;1-5(2,3)4/h2*3,7H,2,4H2,1H3,(H,8,9);(H3,1,2,3,4). The number of aliphatic hydroxyl groups excluding tert-OH is 2. The van der Waals surface area contributed by atoms with Crippen molar-refractivity contribution >= 4 is 19.8 Å². The molecule has 0 aliphatic carbocycles. The fourth-order valence-corrected chi connectivity index (χ4v) is 0.737. The average molecular weight is 358 g/mol. The summed E-state index contributed by atoms with van der Waals surface area (Å²) < 4.78 is 8.88. The zero-order valence-corrected chi connectivity index (χ0v) is 13.7. The Balaban J connectivity index is -0.000000273. The van der Waals surface area contributed by atoms with Crippen molar-refractivity contribution in [3.05, 3.63) is 23.3 Å². The van der Waals surface area contributed by atoms with E-state index >= 15 is 0 Å². The van der Waals surface area contributed by atoms with Crippen molar-refractivity contribution in [2.45, 2.75) is 26.7 Å². The van der Waals surface area contributed by atoms with Gasteiger partial charge in [0.05, 0.1) is 0 Å². The molecule has 0 atom stereocenters. The number of carbonyl (C=O) groups is 2. The summed E-state index contributed by atoms with van der Waals surface area (Å²) in [5.74, 6) is -1.85. The summed E-state index contributed by atoms with van der Waals surface area (Å²) in [5.41, 5.74) is 0.563. The molecule has 0 heterocycles. The molecule has 10 nitrogen and oxygen atoms in total. The van der Waals surface area contributed by atoms with Crippen LogP contribution in [0.2, 0.25) is 0 Å². The molecule has 0 aliphatic rings. The molecule has 0 radical (unpaired) electrons. The maximum Gasteiger partial charge on any atom is 0.466 e. The van der Waals surface area contributed by atoms with Gasteiger partial charge in [-0.3, -0.25) is 0 Å². The summed E-state index contributed by atoms with van der Waals surface area (Å²) >= 11 is 0. The molecule has 0 aliphatic heterocycles. The Bertz CT molecular complexity index is 408. The fraction of sp³-hybridized carbons (Fsp3) is 0.500. The molecular weight excluding hydrogens is 335 g/mol. The Morgan fingerprint density at radius 1 is 0.826 bits per heavy atom. The van der Waals surface area contributed by atoms with Crippen molar-refractivity contribution in [3.8, 4) is 0 Å². The van der Waals surface area contributed by atoms with Crippen LogP contribution in [0.5, 0.6) is 0 Å². The average Bonchev–Trinajstić information content (AvgIpc) is 2.40. The fourth-order valence-electron chi connectivity index (χ4n) is 0.737. The smallest absolute Gasteiger partial charge is 0.466 e. The Morgan fingerprint density at radius 2 is 1.04 bits per heavy atom. The second-order valence-electron chi connectivity index (χ2n) is 3.92. The largest absolute Gasteiger partial charge is 0.478 e. The number of hydrogen-bond donors (Lipinski definition) is 7. The van der Waals surface area contributed by atoms with Crippen molar-refractivity contribution in [2.24, 2.45) is 0 Å². The molecule has 0 unspecified atom stereocenters. The van der Waals surface area contributed by atoms with Crippen LogP contribution in [0.25, 0.3) is 0 Å². The molecule has 0 aromatic heterocycles. The third kappa shape index (κ3) is 33.3. The molecule has 0 fully saturated rings. The summed E-state index contributed by atoms with van der Waals surface area (Å²) in [6, 6.07) is 0. The van der Waals surface area contributed by atoms with Crippen LogP contribution in [0, 0.1) is 0 Å². The second-order valence-corrected chi connectivity index (χ2v) is 4.95. The third-order valence-corrected chi connectivity index (χ3v) is 1.83. The quantitative estimate of drug-likeness (QED) is 0.248. The first-order valence-corrected chi connectivity index (χ1v) is 7.73. The highest BCUT2D eigenvalue weighted by atomic mass is 31.2. The van der Waals surface area contributed by atoms with Crippen molar-refractivity contribution in [1.29, 1.82) is 0 Å². The van der Waals surface area contributed by atoms with Gasteiger partial charge in [0, 0.05) is 24.4 Å². The summed E-state index contributed by atoms with van der Waals surface area (Å²) in [6.07, 6.45) is 3.81. The lowest BCUT2D eigenvalue weighted by molar-refractivity contribution is -0.133. The van der Waals surface area contributed by atoms with E-state index in [0.717, 1.165) is 0 Å². The van der Waals surface area contributed by atoms with Gasteiger partial charge in [0.1, 0.15) is 0 Å². The predicted molar refractivity (Wildman–Crippen MR) is 80.5 cm³/mol. The number of carboxylic acids is 2. The molecule has 0 spiro atoms. The van der Waals surface area contributed by atoms with Crippen molar-refractivity contribution in [2.75, 3.05) is 13.2 Å². The lowest BCUT2D eigenvalue weighted by Gasteiger charge is -1.89. The van der Waals surface area contributed by atoms with E-state index in [2.05, 4.69) is 0 Å². The zero-order chi connectivity index (χ0) is 19.1. The predicted octanol–water partition coefficient (Wildman–Crippen LogP) is -0.129.